The first-order chi connectivity index (χ1) is 12.4. The van der Waals surface area contributed by atoms with Gasteiger partial charge in [0.15, 0.2) is 0 Å². The van der Waals surface area contributed by atoms with E-state index in [1.54, 1.807) is 12.1 Å². The normalized spacial score (nSPS) is 11.2. The molecule has 148 valence electrons. The zero-order valence-electron chi connectivity index (χ0n) is 16.6. The molecule has 0 unspecified atom stereocenters. The number of carbonyl (C=O) groups excluding carboxylic acids is 1. The number of ether oxygens (including phenoxy) is 1. The van der Waals surface area contributed by atoms with E-state index in [4.69, 9.17) is 4.74 Å². The van der Waals surface area contributed by atoms with E-state index in [9.17, 15) is 9.90 Å². The first-order valence-corrected chi connectivity index (χ1v) is 9.19. The summed E-state index contributed by atoms with van der Waals surface area (Å²) in [6, 6.07) is 14.8. The fourth-order valence-electron chi connectivity index (χ4n) is 3.23. The summed E-state index contributed by atoms with van der Waals surface area (Å²) < 4.78 is 5.53. The highest BCUT2D eigenvalue weighted by molar-refractivity contribution is 5.86. The van der Waals surface area contributed by atoms with Gasteiger partial charge in [0.25, 0.3) is 0 Å². The van der Waals surface area contributed by atoms with Crippen molar-refractivity contribution in [2.75, 3.05) is 26.2 Å². The van der Waals surface area contributed by atoms with Crippen molar-refractivity contribution in [1.82, 2.24) is 4.90 Å². The fraction of sp³-hybridized carbons (Fsp3) is 0.409. The summed E-state index contributed by atoms with van der Waals surface area (Å²) >= 11 is 0. The van der Waals surface area contributed by atoms with Crippen LogP contribution in [0, 0.1) is 13.8 Å². The van der Waals surface area contributed by atoms with Crippen molar-refractivity contribution in [2.45, 2.75) is 33.3 Å². The number of rotatable bonds is 8. The minimum atomic E-state index is -1.82. The Morgan fingerprint density at radius 2 is 1.41 bits per heavy atom. The van der Waals surface area contributed by atoms with Gasteiger partial charge in [0.1, 0.15) is 6.61 Å². The van der Waals surface area contributed by atoms with E-state index in [0.29, 0.717) is 17.7 Å². The predicted octanol–water partition coefficient (Wildman–Crippen LogP) is 3.85. The second-order valence-electron chi connectivity index (χ2n) is 6.50. The van der Waals surface area contributed by atoms with Gasteiger partial charge in [-0.25, -0.2) is 4.79 Å². The average Bonchev–Trinajstić information content (AvgIpc) is 2.65. The molecule has 1 N–H and O–H groups in total. The molecule has 0 aromatic heterocycles. The first-order valence-electron chi connectivity index (χ1n) is 9.19. The summed E-state index contributed by atoms with van der Waals surface area (Å²) in [6.45, 7) is 10.6. The molecule has 2 rings (SSSR count). The lowest BCUT2D eigenvalue weighted by Gasteiger charge is -2.30. The number of halogens is 1. The number of carbonyl (C=O) groups is 1. The second-order valence-corrected chi connectivity index (χ2v) is 6.50. The lowest BCUT2D eigenvalue weighted by Crippen LogP contribution is -2.41. The van der Waals surface area contributed by atoms with Crippen LogP contribution in [0.25, 0.3) is 0 Å². The summed E-state index contributed by atoms with van der Waals surface area (Å²) in [6.07, 6.45) is 0. The van der Waals surface area contributed by atoms with E-state index < -0.39 is 11.6 Å². The molecular formula is C22H30ClNO3. The molecule has 5 heteroatoms. The van der Waals surface area contributed by atoms with Gasteiger partial charge in [-0.1, -0.05) is 62.4 Å². The standard InChI is InChI=1S/C22H29NO3.ClH/c1-5-23(6-2)15-16-26-21(24)22(25,19-13-9-7-11-17(19)3)20-14-10-8-12-18(20)4;/h7-14,25H,5-6,15-16H2,1-4H3;1H. The summed E-state index contributed by atoms with van der Waals surface area (Å²) in [4.78, 5) is 15.2. The maximum Gasteiger partial charge on any atom is 0.347 e. The minimum Gasteiger partial charge on any atom is -0.462 e. The smallest absolute Gasteiger partial charge is 0.347 e. The maximum atomic E-state index is 13.0. The van der Waals surface area contributed by atoms with Crippen LogP contribution < -0.4 is 0 Å². The summed E-state index contributed by atoms with van der Waals surface area (Å²) in [7, 11) is 0. The van der Waals surface area contributed by atoms with Gasteiger partial charge in [-0.05, 0) is 38.1 Å². The van der Waals surface area contributed by atoms with Crippen LogP contribution in [0.4, 0.5) is 0 Å². The molecule has 2 aromatic carbocycles. The van der Waals surface area contributed by atoms with Crippen molar-refractivity contribution in [2.24, 2.45) is 0 Å². The third-order valence-electron chi connectivity index (χ3n) is 4.90. The van der Waals surface area contributed by atoms with Crippen LogP contribution in [0.3, 0.4) is 0 Å². The van der Waals surface area contributed by atoms with Crippen LogP contribution in [0.5, 0.6) is 0 Å². The Morgan fingerprint density at radius 3 is 1.81 bits per heavy atom. The lowest BCUT2D eigenvalue weighted by atomic mass is 9.82. The number of esters is 1. The number of aryl methyl sites for hydroxylation is 2. The minimum absolute atomic E-state index is 0. The molecule has 0 aliphatic heterocycles. The highest BCUT2D eigenvalue weighted by Gasteiger charge is 2.43. The molecule has 0 aliphatic carbocycles. The Labute approximate surface area is 168 Å². The molecule has 27 heavy (non-hydrogen) atoms. The van der Waals surface area contributed by atoms with E-state index >= 15 is 0 Å². The largest absolute Gasteiger partial charge is 0.462 e. The van der Waals surface area contributed by atoms with Gasteiger partial charge in [-0.2, -0.15) is 0 Å². The number of nitrogens with zero attached hydrogens (tertiary/aromatic N) is 1. The van der Waals surface area contributed by atoms with Crippen molar-refractivity contribution in [3.63, 3.8) is 0 Å². The van der Waals surface area contributed by atoms with Crippen LogP contribution in [0.15, 0.2) is 48.5 Å². The number of likely N-dealkylation sites (N-methyl/N-ethyl adjacent to an activating group) is 1. The fourth-order valence-corrected chi connectivity index (χ4v) is 3.23. The summed E-state index contributed by atoms with van der Waals surface area (Å²) in [5.74, 6) is -0.631. The molecule has 0 radical (unpaired) electrons. The summed E-state index contributed by atoms with van der Waals surface area (Å²) in [5, 5.41) is 11.6. The second kappa shape index (κ2) is 10.5. The maximum absolute atomic E-state index is 13.0. The molecule has 0 saturated heterocycles. The molecule has 0 atom stereocenters. The number of benzene rings is 2. The van der Waals surface area contributed by atoms with Gasteiger partial charge in [-0.15, -0.1) is 12.4 Å². The van der Waals surface area contributed by atoms with Crippen molar-refractivity contribution >= 4 is 18.4 Å². The van der Waals surface area contributed by atoms with Crippen molar-refractivity contribution in [3.05, 3.63) is 70.8 Å². The van der Waals surface area contributed by atoms with E-state index in [1.807, 2.05) is 50.2 Å². The Kier molecular flexibility index (Phi) is 8.97. The zero-order valence-corrected chi connectivity index (χ0v) is 17.4. The van der Waals surface area contributed by atoms with E-state index in [0.717, 1.165) is 24.2 Å². The van der Waals surface area contributed by atoms with Crippen LogP contribution in [0.1, 0.15) is 36.1 Å². The molecule has 0 aliphatic rings. The molecule has 0 amide bonds. The number of aliphatic hydroxyl groups is 1. The number of hydrogen-bond acceptors (Lipinski definition) is 4. The van der Waals surface area contributed by atoms with Crippen molar-refractivity contribution in [3.8, 4) is 0 Å². The van der Waals surface area contributed by atoms with E-state index in [-0.39, 0.29) is 19.0 Å². The van der Waals surface area contributed by atoms with Gasteiger partial charge in [0.05, 0.1) is 0 Å². The van der Waals surface area contributed by atoms with Gasteiger partial charge >= 0.3 is 5.97 Å². The third-order valence-corrected chi connectivity index (χ3v) is 4.90. The van der Waals surface area contributed by atoms with E-state index in [2.05, 4.69) is 18.7 Å². The Balaban J connectivity index is 0.00000364. The quantitative estimate of drug-likeness (QED) is 0.694. The average molecular weight is 392 g/mol. The zero-order chi connectivity index (χ0) is 19.2. The Hall–Kier alpha value is -1.88. The SMILES string of the molecule is CCN(CC)CCOC(=O)C(O)(c1ccccc1C)c1ccccc1C.Cl. The van der Waals surface area contributed by atoms with E-state index in [1.165, 1.54) is 0 Å². The van der Waals surface area contributed by atoms with Gasteiger partial charge in [0, 0.05) is 17.7 Å². The summed E-state index contributed by atoms with van der Waals surface area (Å²) in [5.41, 5.74) is 0.988. The highest BCUT2D eigenvalue weighted by atomic mass is 35.5. The Bertz CT molecular complexity index is 698. The first kappa shape index (κ1) is 23.2. The molecule has 0 bridgehead atoms. The lowest BCUT2D eigenvalue weighted by molar-refractivity contribution is -0.162. The molecule has 0 fully saturated rings. The topological polar surface area (TPSA) is 49.8 Å². The van der Waals surface area contributed by atoms with Crippen molar-refractivity contribution in [1.29, 1.82) is 0 Å². The van der Waals surface area contributed by atoms with Crippen molar-refractivity contribution < 1.29 is 14.6 Å². The molecular weight excluding hydrogens is 362 g/mol. The van der Waals surface area contributed by atoms with Gasteiger partial charge < -0.3 is 14.7 Å². The van der Waals surface area contributed by atoms with Gasteiger partial charge in [0.2, 0.25) is 5.60 Å². The highest BCUT2D eigenvalue weighted by Crippen LogP contribution is 2.35. The molecule has 0 spiro atoms. The monoisotopic (exact) mass is 391 g/mol. The third kappa shape index (κ3) is 5.10. The molecule has 4 nitrogen and oxygen atoms in total. The predicted molar refractivity (Wildman–Crippen MR) is 111 cm³/mol. The number of hydrogen-bond donors (Lipinski definition) is 1. The van der Waals surface area contributed by atoms with Crippen LogP contribution in [0.2, 0.25) is 0 Å². The van der Waals surface area contributed by atoms with Gasteiger partial charge in [-0.3, -0.25) is 0 Å². The molecule has 0 heterocycles. The van der Waals surface area contributed by atoms with Crippen LogP contribution in [-0.4, -0.2) is 42.2 Å². The molecule has 0 saturated carbocycles. The van der Waals surface area contributed by atoms with Crippen LogP contribution >= 0.6 is 12.4 Å². The van der Waals surface area contributed by atoms with Crippen LogP contribution in [-0.2, 0) is 15.1 Å². The molecule has 2 aromatic rings. The Morgan fingerprint density at radius 1 is 0.963 bits per heavy atom.